The Morgan fingerprint density at radius 1 is 1.08 bits per heavy atom. The van der Waals surface area contributed by atoms with Crippen molar-refractivity contribution in [1.82, 2.24) is 9.80 Å². The first-order valence-electron chi connectivity index (χ1n) is 9.11. The predicted molar refractivity (Wildman–Crippen MR) is 98.0 cm³/mol. The molecule has 24 heavy (non-hydrogen) atoms. The van der Waals surface area contributed by atoms with Crippen molar-refractivity contribution in [1.29, 1.82) is 0 Å². The van der Waals surface area contributed by atoms with Crippen molar-refractivity contribution in [3.8, 4) is 0 Å². The van der Waals surface area contributed by atoms with E-state index < -0.39 is 5.60 Å². The first-order chi connectivity index (χ1) is 11.3. The number of carbonyl (C=O) groups is 1. The van der Waals surface area contributed by atoms with Gasteiger partial charge in [-0.05, 0) is 39.2 Å². The van der Waals surface area contributed by atoms with Gasteiger partial charge in [-0.15, -0.1) is 0 Å². The molecule has 1 aromatic carbocycles. The first kappa shape index (κ1) is 18.8. The zero-order valence-corrected chi connectivity index (χ0v) is 15.8. The summed E-state index contributed by atoms with van der Waals surface area (Å²) in [5.74, 6) is 0. The molecule has 0 spiro atoms. The zero-order valence-electron chi connectivity index (χ0n) is 15.8. The normalized spacial score (nSPS) is 22.5. The molecule has 1 saturated heterocycles. The minimum absolute atomic E-state index is 0.174. The average molecular weight is 332 g/mol. The SMILES string of the molecule is CCC1CN(C(=O)OC(C)(C)C)C(CC)CN1Cc1ccccc1. The molecular weight excluding hydrogens is 300 g/mol. The van der Waals surface area contributed by atoms with Crippen LogP contribution < -0.4 is 0 Å². The summed E-state index contributed by atoms with van der Waals surface area (Å²) in [6.07, 6.45) is 1.80. The molecule has 4 nitrogen and oxygen atoms in total. The van der Waals surface area contributed by atoms with Crippen LogP contribution in [-0.2, 0) is 11.3 Å². The van der Waals surface area contributed by atoms with Crippen molar-refractivity contribution in [3.05, 3.63) is 35.9 Å². The third-order valence-corrected chi connectivity index (χ3v) is 4.61. The Bertz CT molecular complexity index is 524. The van der Waals surface area contributed by atoms with E-state index in [1.165, 1.54) is 5.56 Å². The molecule has 1 heterocycles. The molecule has 2 rings (SSSR count). The third-order valence-electron chi connectivity index (χ3n) is 4.61. The van der Waals surface area contributed by atoms with E-state index in [9.17, 15) is 4.79 Å². The number of benzene rings is 1. The second-order valence-electron chi connectivity index (χ2n) is 7.67. The van der Waals surface area contributed by atoms with E-state index in [0.717, 1.165) is 32.5 Å². The lowest BCUT2D eigenvalue weighted by molar-refractivity contribution is -0.0192. The monoisotopic (exact) mass is 332 g/mol. The molecule has 4 heteroatoms. The fourth-order valence-electron chi connectivity index (χ4n) is 3.30. The van der Waals surface area contributed by atoms with Gasteiger partial charge in [0.2, 0.25) is 0 Å². The van der Waals surface area contributed by atoms with Gasteiger partial charge in [0.05, 0.1) is 0 Å². The maximum absolute atomic E-state index is 12.6. The van der Waals surface area contributed by atoms with E-state index in [4.69, 9.17) is 4.74 Å². The fourth-order valence-corrected chi connectivity index (χ4v) is 3.30. The minimum Gasteiger partial charge on any atom is -0.444 e. The van der Waals surface area contributed by atoms with Crippen LogP contribution in [0.25, 0.3) is 0 Å². The van der Waals surface area contributed by atoms with Crippen LogP contribution in [0, 0.1) is 0 Å². The molecule has 0 aliphatic carbocycles. The quantitative estimate of drug-likeness (QED) is 0.824. The van der Waals surface area contributed by atoms with Gasteiger partial charge >= 0.3 is 6.09 Å². The molecule has 1 fully saturated rings. The van der Waals surface area contributed by atoms with Gasteiger partial charge < -0.3 is 9.64 Å². The topological polar surface area (TPSA) is 32.8 Å². The van der Waals surface area contributed by atoms with Gasteiger partial charge in [-0.1, -0.05) is 44.2 Å². The van der Waals surface area contributed by atoms with E-state index >= 15 is 0 Å². The smallest absolute Gasteiger partial charge is 0.410 e. The lowest BCUT2D eigenvalue weighted by Crippen LogP contribution is -2.59. The Hall–Kier alpha value is -1.55. The summed E-state index contributed by atoms with van der Waals surface area (Å²) in [6, 6.07) is 11.2. The highest BCUT2D eigenvalue weighted by Gasteiger charge is 2.36. The van der Waals surface area contributed by atoms with Gasteiger partial charge in [-0.25, -0.2) is 4.79 Å². The second kappa shape index (κ2) is 8.02. The van der Waals surface area contributed by atoms with Crippen molar-refractivity contribution < 1.29 is 9.53 Å². The van der Waals surface area contributed by atoms with Gasteiger partial charge in [0, 0.05) is 31.7 Å². The molecule has 2 unspecified atom stereocenters. The summed E-state index contributed by atoms with van der Waals surface area (Å²) in [4.78, 5) is 17.1. The molecule has 0 aromatic heterocycles. The van der Waals surface area contributed by atoms with Gasteiger partial charge in [-0.3, -0.25) is 4.90 Å². The first-order valence-corrected chi connectivity index (χ1v) is 9.11. The molecular formula is C20H32N2O2. The van der Waals surface area contributed by atoms with Crippen molar-refractivity contribution in [2.24, 2.45) is 0 Å². The Labute approximate surface area is 146 Å². The van der Waals surface area contributed by atoms with Crippen molar-refractivity contribution in [2.45, 2.75) is 71.7 Å². The Balaban J connectivity index is 2.09. The Kier molecular flexibility index (Phi) is 6.27. The molecule has 0 bridgehead atoms. The van der Waals surface area contributed by atoms with Crippen LogP contribution >= 0.6 is 0 Å². The Morgan fingerprint density at radius 2 is 1.71 bits per heavy atom. The van der Waals surface area contributed by atoms with Crippen LogP contribution in [0.3, 0.4) is 0 Å². The zero-order chi connectivity index (χ0) is 17.7. The van der Waals surface area contributed by atoms with Crippen molar-refractivity contribution >= 4 is 6.09 Å². The van der Waals surface area contributed by atoms with E-state index in [1.807, 2.05) is 25.7 Å². The van der Waals surface area contributed by atoms with Crippen LogP contribution in [0.15, 0.2) is 30.3 Å². The summed E-state index contributed by atoms with van der Waals surface area (Å²) in [5, 5.41) is 0. The lowest BCUT2D eigenvalue weighted by Gasteiger charge is -2.46. The molecule has 0 radical (unpaired) electrons. The minimum atomic E-state index is -0.446. The molecule has 1 aromatic rings. The van der Waals surface area contributed by atoms with E-state index in [0.29, 0.717) is 6.04 Å². The number of nitrogens with zero attached hydrogens (tertiary/aromatic N) is 2. The number of carbonyl (C=O) groups excluding carboxylic acids is 1. The second-order valence-corrected chi connectivity index (χ2v) is 7.67. The highest BCUT2D eigenvalue weighted by molar-refractivity contribution is 5.68. The summed E-state index contributed by atoms with van der Waals surface area (Å²) in [7, 11) is 0. The van der Waals surface area contributed by atoms with Crippen molar-refractivity contribution in [3.63, 3.8) is 0 Å². The number of hydrogen-bond acceptors (Lipinski definition) is 3. The molecule has 2 atom stereocenters. The number of piperazine rings is 1. The summed E-state index contributed by atoms with van der Waals surface area (Å²) >= 11 is 0. The summed E-state index contributed by atoms with van der Waals surface area (Å²) in [5.41, 5.74) is 0.884. The molecule has 0 N–H and O–H groups in total. The lowest BCUT2D eigenvalue weighted by atomic mass is 10.0. The van der Waals surface area contributed by atoms with Crippen LogP contribution in [-0.4, -0.2) is 46.7 Å². The fraction of sp³-hybridized carbons (Fsp3) is 0.650. The predicted octanol–water partition coefficient (Wildman–Crippen LogP) is 4.30. The molecule has 134 valence electrons. The third kappa shape index (κ3) is 4.97. The maximum Gasteiger partial charge on any atom is 0.410 e. The molecule has 1 aliphatic rings. The van der Waals surface area contributed by atoms with Gasteiger partial charge in [0.15, 0.2) is 0 Å². The largest absolute Gasteiger partial charge is 0.444 e. The average Bonchev–Trinajstić information content (AvgIpc) is 2.53. The van der Waals surface area contributed by atoms with Gasteiger partial charge in [0.25, 0.3) is 0 Å². The number of hydrogen-bond donors (Lipinski definition) is 0. The van der Waals surface area contributed by atoms with Crippen molar-refractivity contribution in [2.75, 3.05) is 13.1 Å². The van der Waals surface area contributed by atoms with Crippen LogP contribution in [0.2, 0.25) is 0 Å². The van der Waals surface area contributed by atoms with Crippen LogP contribution in [0.5, 0.6) is 0 Å². The molecule has 1 aliphatic heterocycles. The van der Waals surface area contributed by atoms with Gasteiger partial charge in [0.1, 0.15) is 5.60 Å². The number of rotatable bonds is 4. The van der Waals surface area contributed by atoms with Gasteiger partial charge in [-0.2, -0.15) is 0 Å². The summed E-state index contributed by atoms with van der Waals surface area (Å²) < 4.78 is 5.62. The Morgan fingerprint density at radius 3 is 2.25 bits per heavy atom. The van der Waals surface area contributed by atoms with E-state index in [-0.39, 0.29) is 12.1 Å². The highest BCUT2D eigenvalue weighted by atomic mass is 16.6. The number of amides is 1. The number of ether oxygens (including phenoxy) is 1. The standard InChI is InChI=1S/C20H32N2O2/c1-6-17-15-22(19(23)24-20(3,4)5)18(7-2)14-21(17)13-16-11-9-8-10-12-16/h8-12,17-18H,6-7,13-15H2,1-5H3. The maximum atomic E-state index is 12.6. The van der Waals surface area contributed by atoms with E-state index in [1.54, 1.807) is 0 Å². The van der Waals surface area contributed by atoms with E-state index in [2.05, 4.69) is 49.1 Å². The van der Waals surface area contributed by atoms with Crippen LogP contribution in [0.4, 0.5) is 4.79 Å². The highest BCUT2D eigenvalue weighted by Crippen LogP contribution is 2.24. The molecule has 1 amide bonds. The van der Waals surface area contributed by atoms with Crippen LogP contribution in [0.1, 0.15) is 53.0 Å². The molecule has 0 saturated carbocycles. The summed E-state index contributed by atoms with van der Waals surface area (Å²) in [6.45, 7) is 12.7.